The van der Waals surface area contributed by atoms with Gasteiger partial charge in [0.2, 0.25) is 5.91 Å². The van der Waals surface area contributed by atoms with E-state index in [4.69, 9.17) is 11.6 Å². The Morgan fingerprint density at radius 3 is 2.83 bits per heavy atom. The lowest BCUT2D eigenvalue weighted by Crippen LogP contribution is -2.27. The molecule has 1 aromatic carbocycles. The predicted octanol–water partition coefficient (Wildman–Crippen LogP) is 4.43. The molecule has 0 unspecified atom stereocenters. The lowest BCUT2D eigenvalue weighted by atomic mass is 10.2. The first-order valence-electron chi connectivity index (χ1n) is 7.21. The van der Waals surface area contributed by atoms with Gasteiger partial charge in [0, 0.05) is 22.4 Å². The summed E-state index contributed by atoms with van der Waals surface area (Å²) in [5.41, 5.74) is 1.68. The van der Waals surface area contributed by atoms with E-state index in [0.29, 0.717) is 18.0 Å². The van der Waals surface area contributed by atoms with Gasteiger partial charge in [-0.2, -0.15) is 0 Å². The molecule has 0 aliphatic heterocycles. The van der Waals surface area contributed by atoms with Crippen molar-refractivity contribution < 1.29 is 4.79 Å². The van der Waals surface area contributed by atoms with Gasteiger partial charge in [0.15, 0.2) is 0 Å². The van der Waals surface area contributed by atoms with Gasteiger partial charge in [0.05, 0.1) is 17.1 Å². The number of hydrogen-bond donors (Lipinski definition) is 1. The summed E-state index contributed by atoms with van der Waals surface area (Å²) < 4.78 is 0. The summed E-state index contributed by atoms with van der Waals surface area (Å²) in [6.45, 7) is 0.654. The third kappa shape index (κ3) is 4.41. The zero-order valence-electron chi connectivity index (χ0n) is 12.3. The summed E-state index contributed by atoms with van der Waals surface area (Å²) in [4.78, 5) is 17.8. The van der Waals surface area contributed by atoms with E-state index in [1.165, 1.54) is 16.2 Å². The molecule has 23 heavy (non-hydrogen) atoms. The van der Waals surface area contributed by atoms with Crippen molar-refractivity contribution in [3.8, 4) is 10.6 Å². The molecule has 6 heteroatoms. The molecule has 0 saturated heterocycles. The molecule has 0 saturated carbocycles. The normalized spacial score (nSPS) is 10.7. The number of rotatable bonds is 6. The third-order valence-corrected chi connectivity index (χ3v) is 5.46. The van der Waals surface area contributed by atoms with Crippen LogP contribution in [0.25, 0.3) is 10.6 Å². The van der Waals surface area contributed by atoms with Crippen LogP contribution in [0.15, 0.2) is 47.2 Å². The Balaban J connectivity index is 1.54. The first-order chi connectivity index (χ1) is 11.2. The maximum atomic E-state index is 12.0. The van der Waals surface area contributed by atoms with Crippen LogP contribution < -0.4 is 5.32 Å². The van der Waals surface area contributed by atoms with Gasteiger partial charge >= 0.3 is 0 Å². The summed E-state index contributed by atoms with van der Waals surface area (Å²) in [5, 5.41) is 8.41. The molecule has 2 aromatic heterocycles. The van der Waals surface area contributed by atoms with Crippen molar-refractivity contribution in [1.82, 2.24) is 10.3 Å². The van der Waals surface area contributed by atoms with Gasteiger partial charge < -0.3 is 5.32 Å². The highest BCUT2D eigenvalue weighted by Gasteiger charge is 2.10. The van der Waals surface area contributed by atoms with Crippen molar-refractivity contribution in [2.75, 3.05) is 6.54 Å². The Labute approximate surface area is 148 Å². The zero-order chi connectivity index (χ0) is 16.1. The van der Waals surface area contributed by atoms with E-state index in [2.05, 4.69) is 16.4 Å². The lowest BCUT2D eigenvalue weighted by molar-refractivity contribution is -0.120. The summed E-state index contributed by atoms with van der Waals surface area (Å²) in [6.07, 6.45) is 1.16. The number of nitrogens with one attached hydrogen (secondary N) is 1. The first-order valence-corrected chi connectivity index (χ1v) is 9.34. The number of benzene rings is 1. The number of halogens is 1. The van der Waals surface area contributed by atoms with Gasteiger partial charge in [-0.25, -0.2) is 4.98 Å². The highest BCUT2D eigenvalue weighted by molar-refractivity contribution is 7.13. The van der Waals surface area contributed by atoms with Crippen LogP contribution in [0.1, 0.15) is 10.6 Å². The number of thiophene rings is 1. The third-order valence-electron chi connectivity index (χ3n) is 3.27. The standard InChI is InChI=1S/C17H15ClN2OS2/c18-15-6-2-1-5-14(15)17-20-12(11-23-17)10-16(21)19-8-7-13-4-3-9-22-13/h1-6,9,11H,7-8,10H2,(H,19,21). The van der Waals surface area contributed by atoms with Crippen LogP contribution in [-0.4, -0.2) is 17.4 Å². The van der Waals surface area contributed by atoms with Gasteiger partial charge in [0.1, 0.15) is 5.01 Å². The first kappa shape index (κ1) is 16.2. The largest absolute Gasteiger partial charge is 0.355 e. The molecule has 0 spiro atoms. The highest BCUT2D eigenvalue weighted by atomic mass is 35.5. The molecule has 2 heterocycles. The molecule has 3 nitrogen and oxygen atoms in total. The molecule has 3 aromatic rings. The van der Waals surface area contributed by atoms with E-state index >= 15 is 0 Å². The van der Waals surface area contributed by atoms with E-state index in [1.807, 2.05) is 41.1 Å². The van der Waals surface area contributed by atoms with Crippen LogP contribution in [0.3, 0.4) is 0 Å². The second kappa shape index (κ2) is 7.73. The Kier molecular flexibility index (Phi) is 5.43. The number of hydrogen-bond acceptors (Lipinski definition) is 4. The fraction of sp³-hybridized carbons (Fsp3) is 0.176. The van der Waals surface area contributed by atoms with Crippen LogP contribution in [0.2, 0.25) is 5.02 Å². The van der Waals surface area contributed by atoms with E-state index < -0.39 is 0 Å². The van der Waals surface area contributed by atoms with Crippen LogP contribution in [0.4, 0.5) is 0 Å². The highest BCUT2D eigenvalue weighted by Crippen LogP contribution is 2.30. The maximum absolute atomic E-state index is 12.0. The number of nitrogens with zero attached hydrogens (tertiary/aromatic N) is 1. The maximum Gasteiger partial charge on any atom is 0.226 e. The number of carbonyl (C=O) groups is 1. The molecule has 0 bridgehead atoms. The topological polar surface area (TPSA) is 42.0 Å². The molecule has 3 rings (SSSR count). The van der Waals surface area contributed by atoms with Crippen LogP contribution in [0.5, 0.6) is 0 Å². The predicted molar refractivity (Wildman–Crippen MR) is 97.3 cm³/mol. The minimum absolute atomic E-state index is 0.00225. The minimum atomic E-state index is -0.00225. The summed E-state index contributed by atoms with van der Waals surface area (Å²) in [7, 11) is 0. The smallest absolute Gasteiger partial charge is 0.226 e. The van der Waals surface area contributed by atoms with Crippen molar-refractivity contribution in [1.29, 1.82) is 0 Å². The van der Waals surface area contributed by atoms with Gasteiger partial charge in [0.25, 0.3) is 0 Å². The fourth-order valence-electron chi connectivity index (χ4n) is 2.15. The second-order valence-corrected chi connectivity index (χ2v) is 7.28. The zero-order valence-corrected chi connectivity index (χ0v) is 14.7. The van der Waals surface area contributed by atoms with Crippen LogP contribution in [-0.2, 0) is 17.6 Å². The summed E-state index contributed by atoms with van der Waals surface area (Å²) >= 11 is 9.39. The fourth-order valence-corrected chi connectivity index (χ4v) is 4.00. The van der Waals surface area contributed by atoms with Crippen molar-refractivity contribution in [3.05, 3.63) is 62.8 Å². The molecule has 1 amide bonds. The molecular formula is C17H15ClN2OS2. The number of aromatic nitrogens is 1. The molecule has 1 N–H and O–H groups in total. The Bertz CT molecular complexity index is 784. The lowest BCUT2D eigenvalue weighted by Gasteiger charge is -2.02. The Hall–Kier alpha value is -1.69. The average Bonchev–Trinajstić information content (AvgIpc) is 3.20. The van der Waals surface area contributed by atoms with E-state index in [1.54, 1.807) is 11.3 Å². The van der Waals surface area contributed by atoms with Gasteiger partial charge in [-0.15, -0.1) is 22.7 Å². The van der Waals surface area contributed by atoms with Crippen LogP contribution >= 0.6 is 34.3 Å². The van der Waals surface area contributed by atoms with Crippen molar-refractivity contribution in [3.63, 3.8) is 0 Å². The number of carbonyl (C=O) groups excluding carboxylic acids is 1. The van der Waals surface area contributed by atoms with E-state index in [-0.39, 0.29) is 5.91 Å². The molecule has 0 aliphatic rings. The van der Waals surface area contributed by atoms with Gasteiger partial charge in [-0.3, -0.25) is 4.79 Å². The monoisotopic (exact) mass is 362 g/mol. The molecule has 0 fully saturated rings. The van der Waals surface area contributed by atoms with Crippen molar-refractivity contribution in [2.45, 2.75) is 12.8 Å². The van der Waals surface area contributed by atoms with Crippen LogP contribution in [0, 0.1) is 0 Å². The van der Waals surface area contributed by atoms with E-state index in [9.17, 15) is 4.79 Å². The second-order valence-electron chi connectivity index (χ2n) is 4.98. The Morgan fingerprint density at radius 2 is 2.04 bits per heavy atom. The average molecular weight is 363 g/mol. The number of amides is 1. The number of thiazole rings is 1. The summed E-state index contributed by atoms with van der Waals surface area (Å²) in [6, 6.07) is 11.7. The van der Waals surface area contributed by atoms with Crippen molar-refractivity contribution >= 4 is 40.2 Å². The SMILES string of the molecule is O=C(Cc1csc(-c2ccccc2Cl)n1)NCCc1cccs1. The van der Waals surface area contributed by atoms with Gasteiger partial charge in [-0.1, -0.05) is 35.9 Å². The molecule has 118 valence electrons. The van der Waals surface area contributed by atoms with Crippen molar-refractivity contribution in [2.24, 2.45) is 0 Å². The molecule has 0 aliphatic carbocycles. The summed E-state index contributed by atoms with van der Waals surface area (Å²) in [5.74, 6) is -0.00225. The molecule has 0 radical (unpaired) electrons. The Morgan fingerprint density at radius 1 is 1.17 bits per heavy atom. The minimum Gasteiger partial charge on any atom is -0.355 e. The quantitative estimate of drug-likeness (QED) is 0.705. The van der Waals surface area contributed by atoms with E-state index in [0.717, 1.165) is 22.7 Å². The van der Waals surface area contributed by atoms with Gasteiger partial charge in [-0.05, 0) is 23.9 Å². The molecule has 0 atom stereocenters. The molecular weight excluding hydrogens is 348 g/mol.